The molecule has 1 aromatic rings. The van der Waals surface area contributed by atoms with Crippen molar-refractivity contribution in [2.45, 2.75) is 94.3 Å². The van der Waals surface area contributed by atoms with E-state index in [-0.39, 0.29) is 36.7 Å². The van der Waals surface area contributed by atoms with E-state index < -0.39 is 98.5 Å². The standard InChI is InChI=1S/C26H38N4O17S/c1-11(32)42-10-16-20(43-12(2)33)21(44-13(3)34)22(45-14(4)35)24(47-16)40-7-8-48-26-29-27-25(28-30-26)41-6-5-39-23-19(38)18(37)17(36)15(9-31)46-23/h15-24,31,36-38H,5-10H2,1-4H3/t15-,16-,17-,18+,19-,20-,21+,22-,23-,24-/m1/s1. The Balaban J connectivity index is 1.52. The lowest BCUT2D eigenvalue weighted by Gasteiger charge is -2.44. The number of rotatable bonds is 16. The van der Waals surface area contributed by atoms with E-state index in [4.69, 9.17) is 42.6 Å². The van der Waals surface area contributed by atoms with Gasteiger partial charge in [-0.2, -0.15) is 0 Å². The van der Waals surface area contributed by atoms with Gasteiger partial charge in [-0.25, -0.2) is 0 Å². The first-order valence-corrected chi connectivity index (χ1v) is 15.5. The predicted octanol–water partition coefficient (Wildman–Crippen LogP) is -3.35. The van der Waals surface area contributed by atoms with Crippen molar-refractivity contribution in [3.05, 3.63) is 0 Å². The quantitative estimate of drug-likeness (QED) is 0.0564. The SMILES string of the molecule is CC(=O)OC[C@H]1O[C@@H](OCCSc2nnc(OCCO[C@@H]3O[C@H](CO)[C@@H](O)[C@H](O)[C@H]3O)nn2)[C@H](OC(C)=O)[C@@H](OC(C)=O)[C@@H]1OC(C)=O. The molecule has 0 saturated carbocycles. The molecule has 22 heteroatoms. The van der Waals surface area contributed by atoms with Gasteiger partial charge in [-0.05, 0) is 0 Å². The highest BCUT2D eigenvalue weighted by Crippen LogP contribution is 2.30. The Kier molecular flexibility index (Phi) is 15.5. The van der Waals surface area contributed by atoms with Crippen LogP contribution in [-0.2, 0) is 57.1 Å². The highest BCUT2D eigenvalue weighted by molar-refractivity contribution is 7.99. The summed E-state index contributed by atoms with van der Waals surface area (Å²) in [4.78, 5) is 47.2. The molecule has 2 saturated heterocycles. The van der Waals surface area contributed by atoms with Crippen molar-refractivity contribution >= 4 is 35.6 Å². The van der Waals surface area contributed by atoms with Gasteiger partial charge in [0.2, 0.25) is 5.16 Å². The van der Waals surface area contributed by atoms with Crippen molar-refractivity contribution in [2.24, 2.45) is 0 Å². The summed E-state index contributed by atoms with van der Waals surface area (Å²) in [6, 6.07) is -0.203. The minimum atomic E-state index is -1.58. The average Bonchev–Trinajstić information content (AvgIpc) is 3.02. The summed E-state index contributed by atoms with van der Waals surface area (Å²) in [5, 5.41) is 54.3. The molecule has 48 heavy (non-hydrogen) atoms. The van der Waals surface area contributed by atoms with Gasteiger partial charge in [-0.15, -0.1) is 10.2 Å². The van der Waals surface area contributed by atoms with Crippen LogP contribution in [0.2, 0.25) is 0 Å². The third-order valence-corrected chi connectivity index (χ3v) is 7.22. The second kappa shape index (κ2) is 19.0. The van der Waals surface area contributed by atoms with Gasteiger partial charge in [0.1, 0.15) is 43.7 Å². The monoisotopic (exact) mass is 710 g/mol. The zero-order valence-electron chi connectivity index (χ0n) is 26.3. The summed E-state index contributed by atoms with van der Waals surface area (Å²) < 4.78 is 48.5. The number of aliphatic hydroxyl groups excluding tert-OH is 4. The van der Waals surface area contributed by atoms with Gasteiger partial charge in [0, 0.05) is 33.4 Å². The largest absolute Gasteiger partial charge is 0.463 e. The Labute approximate surface area is 277 Å². The van der Waals surface area contributed by atoms with Crippen molar-refractivity contribution in [2.75, 3.05) is 38.8 Å². The van der Waals surface area contributed by atoms with Crippen molar-refractivity contribution in [3.63, 3.8) is 0 Å². The summed E-state index contributed by atoms with van der Waals surface area (Å²) in [7, 11) is 0. The molecule has 3 rings (SSSR count). The van der Waals surface area contributed by atoms with E-state index in [2.05, 4.69) is 20.4 Å². The molecule has 0 bridgehead atoms. The van der Waals surface area contributed by atoms with Crippen LogP contribution in [0.25, 0.3) is 0 Å². The summed E-state index contributed by atoms with van der Waals surface area (Å²) in [5.74, 6) is -2.76. The van der Waals surface area contributed by atoms with E-state index in [0.717, 1.165) is 39.5 Å². The lowest BCUT2D eigenvalue weighted by molar-refractivity contribution is -0.307. The Hall–Kier alpha value is -3.35. The minimum absolute atomic E-state index is 0.0602. The van der Waals surface area contributed by atoms with Crippen molar-refractivity contribution in [1.82, 2.24) is 20.4 Å². The highest BCUT2D eigenvalue weighted by Gasteiger charge is 2.52. The van der Waals surface area contributed by atoms with E-state index in [1.807, 2.05) is 0 Å². The lowest BCUT2D eigenvalue weighted by atomic mass is 9.98. The zero-order chi connectivity index (χ0) is 35.4. The van der Waals surface area contributed by atoms with Crippen LogP contribution in [-0.4, -0.2) is 165 Å². The number of ether oxygens (including phenoxy) is 9. The number of thioether (sulfide) groups is 1. The maximum absolute atomic E-state index is 11.9. The van der Waals surface area contributed by atoms with Gasteiger partial charge < -0.3 is 63.1 Å². The molecule has 0 spiro atoms. The number of carbonyl (C=O) groups is 4. The number of hydrogen-bond acceptors (Lipinski definition) is 22. The maximum atomic E-state index is 11.9. The number of hydrogen-bond donors (Lipinski definition) is 4. The highest BCUT2D eigenvalue weighted by atomic mass is 32.2. The van der Waals surface area contributed by atoms with E-state index in [0.29, 0.717) is 0 Å². The van der Waals surface area contributed by atoms with Crippen molar-refractivity contribution in [1.29, 1.82) is 0 Å². The van der Waals surface area contributed by atoms with E-state index in [9.17, 15) is 39.6 Å². The van der Waals surface area contributed by atoms with Crippen LogP contribution < -0.4 is 4.74 Å². The maximum Gasteiger partial charge on any atom is 0.355 e. The number of carbonyl (C=O) groups excluding carboxylic acids is 4. The summed E-state index contributed by atoms with van der Waals surface area (Å²) in [5.41, 5.74) is 0. The molecule has 1 aromatic heterocycles. The molecule has 270 valence electrons. The van der Waals surface area contributed by atoms with Crippen LogP contribution in [0.4, 0.5) is 0 Å². The summed E-state index contributed by atoms with van der Waals surface area (Å²) >= 11 is 1.07. The van der Waals surface area contributed by atoms with E-state index in [1.165, 1.54) is 0 Å². The molecule has 0 amide bonds. The fourth-order valence-electron chi connectivity index (χ4n) is 4.45. The Morgan fingerprint density at radius 2 is 1.27 bits per heavy atom. The van der Waals surface area contributed by atoms with Gasteiger partial charge in [-0.3, -0.25) is 19.2 Å². The first-order chi connectivity index (χ1) is 22.8. The fraction of sp³-hybridized carbons (Fsp3) is 0.769. The van der Waals surface area contributed by atoms with Crippen molar-refractivity contribution in [3.8, 4) is 6.01 Å². The molecular weight excluding hydrogens is 672 g/mol. The molecule has 0 radical (unpaired) electrons. The van der Waals surface area contributed by atoms with E-state index >= 15 is 0 Å². The van der Waals surface area contributed by atoms with Gasteiger partial charge in [0.15, 0.2) is 30.9 Å². The third-order valence-electron chi connectivity index (χ3n) is 6.43. The first kappa shape index (κ1) is 39.1. The molecule has 10 atom stereocenters. The third kappa shape index (κ3) is 11.7. The zero-order valence-corrected chi connectivity index (χ0v) is 27.1. The molecule has 0 aliphatic carbocycles. The summed E-state index contributed by atoms with van der Waals surface area (Å²) in [6.07, 6.45) is -13.6. The molecule has 0 unspecified atom stereocenters. The van der Waals surface area contributed by atoms with Crippen LogP contribution in [0.15, 0.2) is 5.16 Å². The van der Waals surface area contributed by atoms with Crippen LogP contribution in [0, 0.1) is 0 Å². The number of esters is 4. The Morgan fingerprint density at radius 3 is 1.88 bits per heavy atom. The van der Waals surface area contributed by atoms with Gasteiger partial charge in [0.05, 0.1) is 19.8 Å². The average molecular weight is 711 g/mol. The van der Waals surface area contributed by atoms with Crippen LogP contribution in [0.5, 0.6) is 6.01 Å². The second-order valence-corrected chi connectivity index (χ2v) is 11.2. The Bertz CT molecular complexity index is 1210. The molecule has 0 aromatic carbocycles. The van der Waals surface area contributed by atoms with E-state index in [1.54, 1.807) is 0 Å². The minimum Gasteiger partial charge on any atom is -0.463 e. The number of nitrogens with zero attached hydrogens (tertiary/aromatic N) is 4. The Morgan fingerprint density at radius 1 is 0.688 bits per heavy atom. The van der Waals surface area contributed by atoms with Gasteiger partial charge in [0.25, 0.3) is 0 Å². The molecule has 2 aliphatic heterocycles. The van der Waals surface area contributed by atoms with Gasteiger partial charge >= 0.3 is 29.9 Å². The fourth-order valence-corrected chi connectivity index (χ4v) is 5.01. The topological polar surface area (TPSA) is 284 Å². The first-order valence-electron chi connectivity index (χ1n) is 14.5. The van der Waals surface area contributed by atoms with Crippen molar-refractivity contribution < 1.29 is 82.2 Å². The lowest BCUT2D eigenvalue weighted by Crippen LogP contribution is -2.63. The smallest absolute Gasteiger partial charge is 0.355 e. The van der Waals surface area contributed by atoms with Gasteiger partial charge in [-0.1, -0.05) is 22.0 Å². The molecule has 2 aliphatic rings. The van der Waals surface area contributed by atoms with Crippen LogP contribution in [0.1, 0.15) is 27.7 Å². The summed E-state index contributed by atoms with van der Waals surface area (Å²) in [6.45, 7) is 3.15. The molecule has 2 fully saturated rings. The van der Waals surface area contributed by atoms with Crippen LogP contribution in [0.3, 0.4) is 0 Å². The molecular formula is C26H38N4O17S. The molecule has 4 N–H and O–H groups in total. The predicted molar refractivity (Wildman–Crippen MR) is 151 cm³/mol. The number of aromatic nitrogens is 4. The van der Waals surface area contributed by atoms with Crippen LogP contribution >= 0.6 is 11.8 Å². The second-order valence-electron chi connectivity index (χ2n) is 10.2. The molecule has 3 heterocycles. The molecule has 21 nitrogen and oxygen atoms in total. The number of aliphatic hydroxyl groups is 4. The normalized spacial score (nSPS) is 30.2.